The van der Waals surface area contributed by atoms with Crippen molar-refractivity contribution in [2.75, 3.05) is 20.2 Å². The van der Waals surface area contributed by atoms with Gasteiger partial charge in [-0.25, -0.2) is 4.79 Å². The zero-order valence-electron chi connectivity index (χ0n) is 15.0. The monoisotopic (exact) mass is 355 g/mol. The average molecular weight is 355 g/mol. The van der Waals surface area contributed by atoms with E-state index < -0.39 is 0 Å². The van der Waals surface area contributed by atoms with Gasteiger partial charge in [0.1, 0.15) is 0 Å². The minimum atomic E-state index is -0.341. The summed E-state index contributed by atoms with van der Waals surface area (Å²) in [6, 6.07) is 20.1. The fraction of sp³-hybridized carbons (Fsp3) is 0.381. The van der Waals surface area contributed by atoms with Crippen molar-refractivity contribution >= 4 is 6.09 Å². The van der Waals surface area contributed by atoms with Gasteiger partial charge in [0.25, 0.3) is 0 Å². The van der Waals surface area contributed by atoms with Crippen LogP contribution in [0.15, 0.2) is 60.7 Å². The van der Waals surface area contributed by atoms with Crippen LogP contribution in [0.3, 0.4) is 0 Å². The van der Waals surface area contributed by atoms with Gasteiger partial charge in [0.05, 0.1) is 45.6 Å². The SMILES string of the molecule is COC(=O)N1CC(OCc2ccccc2)CC(OCc2ccccc2)C1. The summed E-state index contributed by atoms with van der Waals surface area (Å²) in [5, 5.41) is 0. The number of hydrogen-bond donors (Lipinski definition) is 0. The summed E-state index contributed by atoms with van der Waals surface area (Å²) in [6.45, 7) is 2.08. The molecule has 2 atom stereocenters. The van der Waals surface area contributed by atoms with Gasteiger partial charge < -0.3 is 19.1 Å². The highest BCUT2D eigenvalue weighted by Gasteiger charge is 2.31. The van der Waals surface area contributed by atoms with E-state index in [4.69, 9.17) is 14.2 Å². The largest absolute Gasteiger partial charge is 0.453 e. The quantitative estimate of drug-likeness (QED) is 0.794. The normalized spacial score (nSPS) is 20.0. The van der Waals surface area contributed by atoms with Crippen LogP contribution in [0.25, 0.3) is 0 Å². The van der Waals surface area contributed by atoms with Crippen molar-refractivity contribution in [2.45, 2.75) is 31.8 Å². The molecule has 2 unspecified atom stereocenters. The molecule has 5 nitrogen and oxygen atoms in total. The molecule has 0 N–H and O–H groups in total. The first kappa shape index (κ1) is 18.4. The van der Waals surface area contributed by atoms with Crippen LogP contribution in [0.5, 0.6) is 0 Å². The molecule has 1 aliphatic rings. The molecule has 0 radical (unpaired) electrons. The fourth-order valence-electron chi connectivity index (χ4n) is 3.10. The van der Waals surface area contributed by atoms with Crippen molar-refractivity contribution in [3.05, 3.63) is 71.8 Å². The molecule has 26 heavy (non-hydrogen) atoms. The lowest BCUT2D eigenvalue weighted by Gasteiger charge is -2.36. The molecular formula is C21H25NO4. The molecule has 1 fully saturated rings. The minimum absolute atomic E-state index is 0.0798. The number of amides is 1. The molecule has 1 heterocycles. The van der Waals surface area contributed by atoms with Crippen molar-refractivity contribution in [1.29, 1.82) is 0 Å². The summed E-state index contributed by atoms with van der Waals surface area (Å²) in [5.41, 5.74) is 2.23. The van der Waals surface area contributed by atoms with E-state index in [2.05, 4.69) is 0 Å². The van der Waals surface area contributed by atoms with Gasteiger partial charge in [0.2, 0.25) is 0 Å². The summed E-state index contributed by atoms with van der Waals surface area (Å²) >= 11 is 0. The smallest absolute Gasteiger partial charge is 0.409 e. The first-order valence-corrected chi connectivity index (χ1v) is 8.88. The van der Waals surface area contributed by atoms with Gasteiger partial charge in [-0.15, -0.1) is 0 Å². The zero-order valence-corrected chi connectivity index (χ0v) is 15.0. The summed E-state index contributed by atoms with van der Waals surface area (Å²) < 4.78 is 17.0. The Labute approximate surface area is 154 Å². The van der Waals surface area contributed by atoms with E-state index in [0.29, 0.717) is 26.3 Å². The molecule has 2 aromatic rings. The van der Waals surface area contributed by atoms with Crippen LogP contribution >= 0.6 is 0 Å². The second-order valence-corrected chi connectivity index (χ2v) is 6.45. The maximum absolute atomic E-state index is 12.0. The second kappa shape index (κ2) is 9.36. The first-order valence-electron chi connectivity index (χ1n) is 8.88. The third-order valence-corrected chi connectivity index (χ3v) is 4.46. The van der Waals surface area contributed by atoms with Crippen molar-refractivity contribution in [2.24, 2.45) is 0 Å². The van der Waals surface area contributed by atoms with E-state index in [9.17, 15) is 4.79 Å². The van der Waals surface area contributed by atoms with Crippen LogP contribution in [-0.2, 0) is 27.4 Å². The highest BCUT2D eigenvalue weighted by Crippen LogP contribution is 2.20. The molecule has 0 aliphatic carbocycles. The second-order valence-electron chi connectivity index (χ2n) is 6.45. The average Bonchev–Trinajstić information content (AvgIpc) is 2.71. The van der Waals surface area contributed by atoms with Gasteiger partial charge >= 0.3 is 6.09 Å². The molecular weight excluding hydrogens is 330 g/mol. The third-order valence-electron chi connectivity index (χ3n) is 4.46. The maximum atomic E-state index is 12.0. The number of ether oxygens (including phenoxy) is 3. The van der Waals surface area contributed by atoms with Gasteiger partial charge in [0, 0.05) is 6.42 Å². The Morgan fingerprint density at radius 1 is 0.885 bits per heavy atom. The molecule has 138 valence electrons. The predicted molar refractivity (Wildman–Crippen MR) is 98.6 cm³/mol. The van der Waals surface area contributed by atoms with Gasteiger partial charge in [-0.05, 0) is 11.1 Å². The number of carbonyl (C=O) groups excluding carboxylic acids is 1. The van der Waals surface area contributed by atoms with E-state index in [-0.39, 0.29) is 18.3 Å². The summed E-state index contributed by atoms with van der Waals surface area (Å²) in [5.74, 6) is 0. The Bertz CT molecular complexity index is 625. The number of benzene rings is 2. The Hall–Kier alpha value is -2.37. The van der Waals surface area contributed by atoms with E-state index >= 15 is 0 Å². The Morgan fingerprint density at radius 2 is 1.35 bits per heavy atom. The van der Waals surface area contributed by atoms with Crippen LogP contribution < -0.4 is 0 Å². The number of hydrogen-bond acceptors (Lipinski definition) is 4. The molecule has 1 amide bonds. The van der Waals surface area contributed by atoms with Crippen LogP contribution in [0, 0.1) is 0 Å². The van der Waals surface area contributed by atoms with Crippen molar-refractivity contribution < 1.29 is 19.0 Å². The van der Waals surface area contributed by atoms with Gasteiger partial charge in [-0.3, -0.25) is 0 Å². The highest BCUT2D eigenvalue weighted by atomic mass is 16.5. The number of nitrogens with zero attached hydrogens (tertiary/aromatic N) is 1. The number of rotatable bonds is 6. The van der Waals surface area contributed by atoms with Crippen molar-refractivity contribution in [3.63, 3.8) is 0 Å². The summed E-state index contributed by atoms with van der Waals surface area (Å²) in [4.78, 5) is 13.7. The number of carbonyl (C=O) groups is 1. The van der Waals surface area contributed by atoms with Crippen LogP contribution in [-0.4, -0.2) is 43.4 Å². The molecule has 2 aromatic carbocycles. The molecule has 1 aliphatic heterocycles. The molecule has 5 heteroatoms. The zero-order chi connectivity index (χ0) is 18.2. The van der Waals surface area contributed by atoms with E-state index in [1.165, 1.54) is 7.11 Å². The lowest BCUT2D eigenvalue weighted by molar-refractivity contribution is -0.0778. The van der Waals surface area contributed by atoms with Crippen LogP contribution in [0.4, 0.5) is 4.79 Å². The first-order chi connectivity index (χ1) is 12.7. The Morgan fingerprint density at radius 3 is 1.77 bits per heavy atom. The number of methoxy groups -OCH3 is 1. The van der Waals surface area contributed by atoms with E-state index in [1.807, 2.05) is 60.7 Å². The Kier molecular flexibility index (Phi) is 6.63. The standard InChI is InChI=1S/C21H25NO4/c1-24-21(23)22-13-19(25-15-17-8-4-2-5-9-17)12-20(14-22)26-16-18-10-6-3-7-11-18/h2-11,19-20H,12-16H2,1H3. The molecule has 0 aromatic heterocycles. The summed E-state index contributed by atoms with van der Waals surface area (Å²) in [6.07, 6.45) is 0.256. The van der Waals surface area contributed by atoms with Gasteiger partial charge in [-0.1, -0.05) is 60.7 Å². The predicted octanol–water partition coefficient (Wildman–Crippen LogP) is 3.63. The molecule has 3 rings (SSSR count). The maximum Gasteiger partial charge on any atom is 0.409 e. The van der Waals surface area contributed by atoms with E-state index in [0.717, 1.165) is 17.5 Å². The lowest BCUT2D eigenvalue weighted by atomic mass is 10.1. The molecule has 0 spiro atoms. The van der Waals surface area contributed by atoms with Crippen LogP contribution in [0.1, 0.15) is 17.5 Å². The van der Waals surface area contributed by atoms with Crippen molar-refractivity contribution in [3.8, 4) is 0 Å². The highest BCUT2D eigenvalue weighted by molar-refractivity contribution is 5.67. The molecule has 0 saturated carbocycles. The number of likely N-dealkylation sites (tertiary alicyclic amines) is 1. The summed E-state index contributed by atoms with van der Waals surface area (Å²) in [7, 11) is 1.40. The third kappa shape index (κ3) is 5.31. The van der Waals surface area contributed by atoms with Crippen molar-refractivity contribution in [1.82, 2.24) is 4.90 Å². The van der Waals surface area contributed by atoms with Gasteiger partial charge in [-0.2, -0.15) is 0 Å². The van der Waals surface area contributed by atoms with Gasteiger partial charge in [0.15, 0.2) is 0 Å². The van der Waals surface area contributed by atoms with Crippen LogP contribution in [0.2, 0.25) is 0 Å². The minimum Gasteiger partial charge on any atom is -0.453 e. The lowest BCUT2D eigenvalue weighted by Crippen LogP contribution is -2.50. The topological polar surface area (TPSA) is 48.0 Å². The number of piperidine rings is 1. The fourth-order valence-corrected chi connectivity index (χ4v) is 3.10. The Balaban J connectivity index is 1.58. The molecule has 0 bridgehead atoms. The molecule has 1 saturated heterocycles. The van der Waals surface area contributed by atoms with E-state index in [1.54, 1.807) is 4.90 Å².